The Bertz CT molecular complexity index is 192. The lowest BCUT2D eigenvalue weighted by Crippen LogP contribution is -1.90. The van der Waals surface area contributed by atoms with Crippen molar-refractivity contribution in [2.75, 3.05) is 0 Å². The summed E-state index contributed by atoms with van der Waals surface area (Å²) in [5, 5.41) is 0. The van der Waals surface area contributed by atoms with Crippen molar-refractivity contribution >= 4 is 0 Å². The average Bonchev–Trinajstić information content (AvgIpc) is 2.47. The van der Waals surface area contributed by atoms with E-state index in [2.05, 4.69) is 32.9 Å². The van der Waals surface area contributed by atoms with Crippen molar-refractivity contribution in [1.82, 2.24) is 0 Å². The molecule has 0 aromatic carbocycles. The lowest BCUT2D eigenvalue weighted by Gasteiger charge is -2.05. The molecule has 0 aliphatic heterocycles. The molecule has 0 N–H and O–H groups in total. The quantitative estimate of drug-likeness (QED) is 0.213. The third kappa shape index (κ3) is 15.8. The second-order valence-electron chi connectivity index (χ2n) is 6.53. The van der Waals surface area contributed by atoms with E-state index in [1.54, 1.807) is 0 Å². The molecule has 0 bridgehead atoms. The Morgan fingerprint density at radius 3 is 1.70 bits per heavy atom. The first kappa shape index (κ1) is 19.7. The van der Waals surface area contributed by atoms with Gasteiger partial charge in [0.2, 0.25) is 0 Å². The Balaban J connectivity index is 3.08. The van der Waals surface area contributed by atoms with E-state index in [-0.39, 0.29) is 0 Å². The first-order valence-corrected chi connectivity index (χ1v) is 9.46. The second-order valence-corrected chi connectivity index (χ2v) is 6.53. The van der Waals surface area contributed by atoms with Crippen molar-refractivity contribution in [2.24, 2.45) is 5.92 Å². The van der Waals surface area contributed by atoms with E-state index in [9.17, 15) is 0 Å². The highest BCUT2D eigenvalue weighted by Gasteiger charge is 1.96. The van der Waals surface area contributed by atoms with E-state index in [1.807, 2.05) is 0 Å². The maximum atomic E-state index is 2.41. The molecule has 0 aliphatic carbocycles. The van der Waals surface area contributed by atoms with Crippen molar-refractivity contribution < 1.29 is 0 Å². The van der Waals surface area contributed by atoms with E-state index in [4.69, 9.17) is 0 Å². The average molecular weight is 281 g/mol. The zero-order valence-corrected chi connectivity index (χ0v) is 14.6. The minimum Gasteiger partial charge on any atom is -0.0885 e. The molecule has 0 saturated heterocycles. The van der Waals surface area contributed by atoms with E-state index in [1.165, 1.54) is 89.9 Å². The monoisotopic (exact) mass is 280 g/mol. The van der Waals surface area contributed by atoms with Gasteiger partial charge in [-0.1, -0.05) is 97.1 Å². The summed E-state index contributed by atoms with van der Waals surface area (Å²) in [6, 6.07) is 0. The fraction of sp³-hybridized carbons (Fsp3) is 0.900. The number of allylic oxidation sites excluding steroid dienone is 2. The molecule has 0 radical (unpaired) electrons. The number of unbranched alkanes of at least 4 members (excludes halogenated alkanes) is 10. The standard InChI is InChI=1S/C20H40/c1-4-6-7-8-9-10-11-12-13-14-15-16-17-18-19-20(3)5-2/h15-16,20H,4-14,17-19H2,1-3H3/b16-15-/t20-/m0/s1. The Morgan fingerprint density at radius 1 is 0.650 bits per heavy atom. The number of rotatable bonds is 15. The summed E-state index contributed by atoms with van der Waals surface area (Å²) in [5.41, 5.74) is 0. The summed E-state index contributed by atoms with van der Waals surface area (Å²) in [6.45, 7) is 6.95. The van der Waals surface area contributed by atoms with Gasteiger partial charge in [-0.2, -0.15) is 0 Å². The number of hydrogen-bond acceptors (Lipinski definition) is 0. The summed E-state index contributed by atoms with van der Waals surface area (Å²) < 4.78 is 0. The molecular weight excluding hydrogens is 240 g/mol. The van der Waals surface area contributed by atoms with Crippen LogP contribution in [-0.4, -0.2) is 0 Å². The lowest BCUT2D eigenvalue weighted by atomic mass is 10.0. The Labute approximate surface area is 129 Å². The van der Waals surface area contributed by atoms with E-state index in [0.717, 1.165) is 5.92 Å². The number of hydrogen-bond donors (Lipinski definition) is 0. The van der Waals surface area contributed by atoms with Crippen LogP contribution in [0.25, 0.3) is 0 Å². The maximum Gasteiger partial charge on any atom is -0.0351 e. The van der Waals surface area contributed by atoms with Gasteiger partial charge in [0.05, 0.1) is 0 Å². The molecule has 0 amide bonds. The Kier molecular flexibility index (Phi) is 16.6. The van der Waals surface area contributed by atoms with Crippen LogP contribution in [0, 0.1) is 5.92 Å². The van der Waals surface area contributed by atoms with Gasteiger partial charge in [-0.25, -0.2) is 0 Å². The van der Waals surface area contributed by atoms with E-state index in [0.29, 0.717) is 0 Å². The van der Waals surface area contributed by atoms with Crippen LogP contribution < -0.4 is 0 Å². The third-order valence-corrected chi connectivity index (χ3v) is 4.41. The molecule has 0 aromatic rings. The molecule has 0 nitrogen and oxygen atoms in total. The largest absolute Gasteiger partial charge is 0.0885 e. The van der Waals surface area contributed by atoms with Crippen LogP contribution in [0.15, 0.2) is 12.2 Å². The van der Waals surface area contributed by atoms with Crippen molar-refractivity contribution in [1.29, 1.82) is 0 Å². The lowest BCUT2D eigenvalue weighted by molar-refractivity contribution is 0.498. The normalized spacial score (nSPS) is 13.2. The topological polar surface area (TPSA) is 0 Å². The molecule has 0 saturated carbocycles. The zero-order valence-electron chi connectivity index (χ0n) is 14.6. The minimum absolute atomic E-state index is 0.917. The molecule has 0 aromatic heterocycles. The smallest absolute Gasteiger partial charge is 0.0351 e. The predicted molar refractivity (Wildman–Crippen MR) is 94.3 cm³/mol. The Hall–Kier alpha value is -0.260. The fourth-order valence-electron chi connectivity index (χ4n) is 2.60. The molecule has 120 valence electrons. The molecule has 0 fully saturated rings. The summed E-state index contributed by atoms with van der Waals surface area (Å²) in [5.74, 6) is 0.917. The summed E-state index contributed by atoms with van der Waals surface area (Å²) in [4.78, 5) is 0. The summed E-state index contributed by atoms with van der Waals surface area (Å²) >= 11 is 0. The molecule has 0 spiro atoms. The SMILES string of the molecule is CCCCCCCCCCC/C=C\CCC[C@@H](C)CC. The molecule has 20 heavy (non-hydrogen) atoms. The fourth-order valence-corrected chi connectivity index (χ4v) is 2.60. The minimum atomic E-state index is 0.917. The zero-order chi connectivity index (χ0) is 14.9. The van der Waals surface area contributed by atoms with E-state index < -0.39 is 0 Å². The van der Waals surface area contributed by atoms with Gasteiger partial charge in [-0.05, 0) is 31.6 Å². The maximum absolute atomic E-state index is 2.41. The molecule has 0 aliphatic rings. The van der Waals surface area contributed by atoms with Crippen LogP contribution in [-0.2, 0) is 0 Å². The van der Waals surface area contributed by atoms with Crippen LogP contribution in [0.5, 0.6) is 0 Å². The van der Waals surface area contributed by atoms with Crippen LogP contribution in [0.2, 0.25) is 0 Å². The molecule has 1 atom stereocenters. The molecule has 0 unspecified atom stereocenters. The van der Waals surface area contributed by atoms with Crippen LogP contribution >= 0.6 is 0 Å². The van der Waals surface area contributed by atoms with Gasteiger partial charge in [0.25, 0.3) is 0 Å². The molecule has 0 heteroatoms. The Morgan fingerprint density at radius 2 is 1.15 bits per heavy atom. The molecular formula is C20H40. The highest BCUT2D eigenvalue weighted by atomic mass is 14.0. The first-order chi connectivity index (χ1) is 9.81. The summed E-state index contributed by atoms with van der Waals surface area (Å²) in [7, 11) is 0. The van der Waals surface area contributed by atoms with Crippen molar-refractivity contribution in [2.45, 2.75) is 111 Å². The highest BCUT2D eigenvalue weighted by molar-refractivity contribution is 4.81. The van der Waals surface area contributed by atoms with Gasteiger partial charge in [0.15, 0.2) is 0 Å². The first-order valence-electron chi connectivity index (χ1n) is 9.46. The third-order valence-electron chi connectivity index (χ3n) is 4.41. The van der Waals surface area contributed by atoms with Gasteiger partial charge in [0.1, 0.15) is 0 Å². The van der Waals surface area contributed by atoms with Crippen LogP contribution in [0.3, 0.4) is 0 Å². The van der Waals surface area contributed by atoms with Gasteiger partial charge in [-0.3, -0.25) is 0 Å². The van der Waals surface area contributed by atoms with Gasteiger partial charge in [0, 0.05) is 0 Å². The second kappa shape index (κ2) is 16.8. The molecule has 0 heterocycles. The molecule has 0 rings (SSSR count). The van der Waals surface area contributed by atoms with Crippen LogP contribution in [0.4, 0.5) is 0 Å². The predicted octanol–water partition coefficient (Wildman–Crippen LogP) is 7.68. The van der Waals surface area contributed by atoms with E-state index >= 15 is 0 Å². The summed E-state index contributed by atoms with van der Waals surface area (Å²) in [6.07, 6.45) is 24.5. The van der Waals surface area contributed by atoms with Crippen molar-refractivity contribution in [3.63, 3.8) is 0 Å². The van der Waals surface area contributed by atoms with Gasteiger partial charge in [-0.15, -0.1) is 0 Å². The van der Waals surface area contributed by atoms with Crippen molar-refractivity contribution in [3.05, 3.63) is 12.2 Å². The van der Waals surface area contributed by atoms with Gasteiger partial charge >= 0.3 is 0 Å². The van der Waals surface area contributed by atoms with Crippen LogP contribution in [0.1, 0.15) is 111 Å². The highest BCUT2D eigenvalue weighted by Crippen LogP contribution is 2.12. The van der Waals surface area contributed by atoms with Gasteiger partial charge < -0.3 is 0 Å². The van der Waals surface area contributed by atoms with Crippen molar-refractivity contribution in [3.8, 4) is 0 Å².